The fraction of sp³-hybridized carbons (Fsp3) is 0.190. The Bertz CT molecular complexity index is 1050. The van der Waals surface area contributed by atoms with Gasteiger partial charge < -0.3 is 4.74 Å². The van der Waals surface area contributed by atoms with Crippen LogP contribution in [0.4, 0.5) is 0 Å². The van der Waals surface area contributed by atoms with Crippen molar-refractivity contribution in [1.82, 2.24) is 0 Å². The second-order valence-electron chi connectivity index (χ2n) is 6.16. The highest BCUT2D eigenvalue weighted by molar-refractivity contribution is 7.99. The maximum absolute atomic E-state index is 12.7. The van der Waals surface area contributed by atoms with Gasteiger partial charge in [0.05, 0.1) is 5.56 Å². The Hall–Kier alpha value is -2.04. The molecule has 0 fully saturated rings. The van der Waals surface area contributed by atoms with Crippen molar-refractivity contribution in [1.29, 1.82) is 0 Å². The van der Waals surface area contributed by atoms with Crippen LogP contribution in [-0.4, -0.2) is 12.4 Å². The van der Waals surface area contributed by atoms with Gasteiger partial charge in [0.2, 0.25) is 4.74 Å². The summed E-state index contributed by atoms with van der Waals surface area (Å²) in [6.07, 6.45) is 2.12. The fourth-order valence-electron chi connectivity index (χ4n) is 2.97. The van der Waals surface area contributed by atoms with Crippen LogP contribution in [0.3, 0.4) is 0 Å². The Morgan fingerprint density at radius 3 is 2.76 bits per heavy atom. The van der Waals surface area contributed by atoms with Crippen LogP contribution in [-0.2, 0) is 0 Å². The zero-order valence-corrected chi connectivity index (χ0v) is 15.8. The van der Waals surface area contributed by atoms with Crippen LogP contribution in [0, 0.1) is 13.8 Å². The van der Waals surface area contributed by atoms with Crippen molar-refractivity contribution in [3.8, 4) is 5.75 Å². The molecule has 0 saturated heterocycles. The minimum absolute atomic E-state index is 0.121. The average Bonchev–Trinajstić information content (AvgIpc) is 2.62. The molecule has 0 aliphatic carbocycles. The van der Waals surface area contributed by atoms with E-state index in [1.54, 1.807) is 11.8 Å². The lowest BCUT2D eigenvalue weighted by Crippen LogP contribution is -2.14. The summed E-state index contributed by atoms with van der Waals surface area (Å²) in [4.78, 5) is 13.8. The molecule has 1 aromatic heterocycles. The van der Waals surface area contributed by atoms with E-state index >= 15 is 0 Å². The first-order valence-corrected chi connectivity index (χ1v) is 10.0. The first-order valence-electron chi connectivity index (χ1n) is 8.21. The molecule has 2 aromatic carbocycles. The van der Waals surface area contributed by atoms with Crippen molar-refractivity contribution in [2.24, 2.45) is 0 Å². The van der Waals surface area contributed by atoms with Crippen molar-refractivity contribution < 1.29 is 4.74 Å². The zero-order chi connectivity index (χ0) is 17.4. The summed E-state index contributed by atoms with van der Waals surface area (Å²) in [5.41, 5.74) is 4.28. The number of ether oxygens (including phenoxy) is 1. The third-order valence-electron chi connectivity index (χ3n) is 4.52. The standard InChI is InChI=1S/C21H18O2S2/c1-13-7-8-16(11-14(13)2)23-12-15-9-10-24-20-17-5-3-4-6-18(17)25-21(22)19(15)20/h3-9,11H,10,12H2,1-2H3. The Balaban J connectivity index is 1.69. The second-order valence-corrected chi connectivity index (χ2v) is 8.21. The van der Waals surface area contributed by atoms with E-state index in [0.717, 1.165) is 32.2 Å². The third-order valence-corrected chi connectivity index (χ3v) is 6.53. The first-order chi connectivity index (χ1) is 12.1. The lowest BCUT2D eigenvalue weighted by molar-refractivity contribution is 0.369. The van der Waals surface area contributed by atoms with Gasteiger partial charge in [0.15, 0.2) is 0 Å². The molecule has 1 aliphatic rings. The predicted octanol–water partition coefficient (Wildman–Crippen LogP) is 5.45. The SMILES string of the molecule is Cc1ccc(OCC2=CCSc3c2c(=O)sc2ccccc32)cc1C. The van der Waals surface area contributed by atoms with Gasteiger partial charge in [-0.2, -0.15) is 0 Å². The summed E-state index contributed by atoms with van der Waals surface area (Å²) in [6.45, 7) is 4.60. The molecule has 25 heavy (non-hydrogen) atoms. The second kappa shape index (κ2) is 6.70. The molecule has 3 aromatic rings. The molecular formula is C21H18O2S2. The van der Waals surface area contributed by atoms with Gasteiger partial charge in [-0.1, -0.05) is 41.7 Å². The van der Waals surface area contributed by atoms with Gasteiger partial charge >= 0.3 is 0 Å². The highest BCUT2D eigenvalue weighted by Gasteiger charge is 2.20. The summed E-state index contributed by atoms with van der Waals surface area (Å²) >= 11 is 3.06. The molecule has 2 nitrogen and oxygen atoms in total. The largest absolute Gasteiger partial charge is 0.489 e. The Morgan fingerprint density at radius 2 is 1.92 bits per heavy atom. The quantitative estimate of drug-likeness (QED) is 0.617. The summed E-state index contributed by atoms with van der Waals surface area (Å²) in [5, 5.41) is 1.17. The molecule has 4 heteroatoms. The number of rotatable bonds is 3. The number of aryl methyl sites for hydroxylation is 2. The Kier molecular flexibility index (Phi) is 4.40. The van der Waals surface area contributed by atoms with Crippen molar-refractivity contribution in [2.75, 3.05) is 12.4 Å². The van der Waals surface area contributed by atoms with Gasteiger partial charge in [-0.15, -0.1) is 11.8 Å². The number of benzene rings is 2. The molecule has 2 heterocycles. The molecule has 0 unspecified atom stereocenters. The van der Waals surface area contributed by atoms with E-state index in [9.17, 15) is 4.79 Å². The van der Waals surface area contributed by atoms with Gasteiger partial charge in [-0.25, -0.2) is 0 Å². The van der Waals surface area contributed by atoms with Gasteiger partial charge in [0.1, 0.15) is 12.4 Å². The molecule has 4 rings (SSSR count). The zero-order valence-electron chi connectivity index (χ0n) is 14.2. The summed E-state index contributed by atoms with van der Waals surface area (Å²) in [6, 6.07) is 14.2. The van der Waals surface area contributed by atoms with Crippen LogP contribution in [0.25, 0.3) is 15.7 Å². The molecule has 0 amide bonds. The summed E-state index contributed by atoms with van der Waals surface area (Å²) in [7, 11) is 0. The topological polar surface area (TPSA) is 26.3 Å². The molecule has 0 N–H and O–H groups in total. The van der Waals surface area contributed by atoms with Crippen LogP contribution < -0.4 is 9.48 Å². The highest BCUT2D eigenvalue weighted by atomic mass is 32.2. The molecule has 0 spiro atoms. The normalized spacial score (nSPS) is 13.4. The molecule has 1 aliphatic heterocycles. The van der Waals surface area contributed by atoms with Gasteiger partial charge in [0, 0.05) is 20.7 Å². The summed E-state index contributed by atoms with van der Waals surface area (Å²) in [5.74, 6) is 1.72. The molecule has 0 bridgehead atoms. The van der Waals surface area contributed by atoms with E-state index < -0.39 is 0 Å². The smallest absolute Gasteiger partial charge is 0.241 e. The fourth-order valence-corrected chi connectivity index (χ4v) is 5.22. The first kappa shape index (κ1) is 16.4. The van der Waals surface area contributed by atoms with Crippen LogP contribution in [0.5, 0.6) is 5.75 Å². The molecule has 0 atom stereocenters. The lowest BCUT2D eigenvalue weighted by Gasteiger charge is -2.18. The van der Waals surface area contributed by atoms with Crippen molar-refractivity contribution in [2.45, 2.75) is 18.7 Å². The van der Waals surface area contributed by atoms with E-state index in [1.165, 1.54) is 27.8 Å². The van der Waals surface area contributed by atoms with E-state index in [2.05, 4.69) is 38.1 Å². The average molecular weight is 367 g/mol. The van der Waals surface area contributed by atoms with Crippen molar-refractivity contribution in [3.05, 3.63) is 74.8 Å². The number of hydrogen-bond donors (Lipinski definition) is 0. The highest BCUT2D eigenvalue weighted by Crippen LogP contribution is 2.38. The Labute approximate surface area is 155 Å². The van der Waals surface area contributed by atoms with Gasteiger partial charge in [0.25, 0.3) is 0 Å². The van der Waals surface area contributed by atoms with E-state index in [4.69, 9.17) is 4.74 Å². The molecule has 0 radical (unpaired) electrons. The number of hydrogen-bond acceptors (Lipinski definition) is 4. The van der Waals surface area contributed by atoms with Crippen LogP contribution in [0.1, 0.15) is 16.7 Å². The maximum Gasteiger partial charge on any atom is 0.241 e. The van der Waals surface area contributed by atoms with Crippen LogP contribution in [0.2, 0.25) is 0 Å². The minimum Gasteiger partial charge on any atom is -0.489 e. The maximum atomic E-state index is 12.7. The summed E-state index contributed by atoms with van der Waals surface area (Å²) < 4.78 is 7.17. The molecule has 0 saturated carbocycles. The van der Waals surface area contributed by atoms with Crippen molar-refractivity contribution >= 4 is 38.8 Å². The van der Waals surface area contributed by atoms with Gasteiger partial charge in [-0.05, 0) is 48.7 Å². The van der Waals surface area contributed by atoms with E-state index in [-0.39, 0.29) is 4.74 Å². The molecular weight excluding hydrogens is 348 g/mol. The predicted molar refractivity (Wildman–Crippen MR) is 108 cm³/mol. The molecule has 126 valence electrons. The van der Waals surface area contributed by atoms with Gasteiger partial charge in [-0.3, -0.25) is 4.79 Å². The Morgan fingerprint density at radius 1 is 1.08 bits per heavy atom. The van der Waals surface area contributed by atoms with Crippen LogP contribution >= 0.6 is 23.1 Å². The van der Waals surface area contributed by atoms with E-state index in [1.807, 2.05) is 24.3 Å². The monoisotopic (exact) mass is 366 g/mol. The van der Waals surface area contributed by atoms with Crippen molar-refractivity contribution in [3.63, 3.8) is 0 Å². The van der Waals surface area contributed by atoms with Crippen LogP contribution in [0.15, 0.2) is 58.2 Å². The number of thioether (sulfide) groups is 1. The minimum atomic E-state index is 0.121. The van der Waals surface area contributed by atoms with E-state index in [0.29, 0.717) is 6.61 Å². The lowest BCUT2D eigenvalue weighted by atomic mass is 10.1. The third kappa shape index (κ3) is 3.12. The number of fused-ring (bicyclic) bond motifs is 3.